The van der Waals surface area contributed by atoms with Gasteiger partial charge in [0.05, 0.1) is 21.5 Å². The van der Waals surface area contributed by atoms with Crippen molar-refractivity contribution in [3.05, 3.63) is 58.9 Å². The number of carbonyl (C=O) groups is 3. The molecule has 1 aliphatic heterocycles. The topological polar surface area (TPSA) is 74.7 Å². The summed E-state index contributed by atoms with van der Waals surface area (Å²) < 4.78 is 13.3. The molecule has 2 aromatic carbocycles. The largest absolute Gasteiger partial charge is 0.478 e. The maximum Gasteiger partial charge on any atom is 0.336 e. The number of hydrogen-bond donors (Lipinski definition) is 1. The lowest BCUT2D eigenvalue weighted by atomic mass is 10.2. The Morgan fingerprint density at radius 3 is 2.64 bits per heavy atom. The van der Waals surface area contributed by atoms with E-state index in [1.54, 1.807) is 18.2 Å². The Morgan fingerprint density at radius 1 is 1.24 bits per heavy atom. The normalized spacial score (nSPS) is 17.2. The number of anilines is 1. The summed E-state index contributed by atoms with van der Waals surface area (Å²) in [5.74, 6) is -2.69. The summed E-state index contributed by atoms with van der Waals surface area (Å²) in [4.78, 5) is 37.5. The molecule has 5 nitrogen and oxygen atoms in total. The van der Waals surface area contributed by atoms with Gasteiger partial charge in [-0.05, 0) is 30.3 Å². The lowest BCUT2D eigenvalue weighted by molar-refractivity contribution is -0.121. The van der Waals surface area contributed by atoms with Crippen molar-refractivity contribution in [2.24, 2.45) is 0 Å². The van der Waals surface area contributed by atoms with E-state index in [0.29, 0.717) is 4.90 Å². The number of imide groups is 1. The van der Waals surface area contributed by atoms with Crippen LogP contribution in [0.5, 0.6) is 0 Å². The second-order valence-electron chi connectivity index (χ2n) is 5.28. The highest BCUT2D eigenvalue weighted by Crippen LogP contribution is 2.36. The smallest absolute Gasteiger partial charge is 0.336 e. The maximum absolute atomic E-state index is 13.3. The van der Waals surface area contributed by atoms with Crippen molar-refractivity contribution in [2.45, 2.75) is 16.6 Å². The minimum absolute atomic E-state index is 0.0658. The molecule has 0 radical (unpaired) electrons. The third kappa shape index (κ3) is 3.38. The van der Waals surface area contributed by atoms with Crippen molar-refractivity contribution < 1.29 is 23.9 Å². The molecule has 0 bridgehead atoms. The first-order valence-corrected chi connectivity index (χ1v) is 8.45. The summed E-state index contributed by atoms with van der Waals surface area (Å²) in [5, 5.41) is 8.28. The Bertz CT molecular complexity index is 889. The molecule has 0 aliphatic carbocycles. The molecule has 8 heteroatoms. The molecule has 0 unspecified atom stereocenters. The van der Waals surface area contributed by atoms with Crippen LogP contribution in [0.2, 0.25) is 5.02 Å². The fraction of sp³-hybridized carbons (Fsp3) is 0.118. The molecule has 1 atom stereocenters. The first kappa shape index (κ1) is 17.4. The molecule has 128 valence electrons. The predicted octanol–water partition coefficient (Wildman–Crippen LogP) is 3.60. The quantitative estimate of drug-likeness (QED) is 0.821. The van der Waals surface area contributed by atoms with Crippen molar-refractivity contribution in [3.8, 4) is 0 Å². The van der Waals surface area contributed by atoms with E-state index in [0.717, 1.165) is 22.7 Å². The molecule has 1 fully saturated rings. The number of thioether (sulfide) groups is 1. The fourth-order valence-corrected chi connectivity index (χ4v) is 3.84. The van der Waals surface area contributed by atoms with E-state index >= 15 is 0 Å². The van der Waals surface area contributed by atoms with Crippen LogP contribution in [-0.4, -0.2) is 28.1 Å². The van der Waals surface area contributed by atoms with Crippen LogP contribution in [0.15, 0.2) is 47.4 Å². The fourth-order valence-electron chi connectivity index (χ4n) is 2.49. The summed E-state index contributed by atoms with van der Waals surface area (Å²) in [7, 11) is 0. The van der Waals surface area contributed by atoms with Gasteiger partial charge in [0.25, 0.3) is 0 Å². The molecule has 2 aromatic rings. The van der Waals surface area contributed by atoms with Gasteiger partial charge in [-0.15, -0.1) is 11.8 Å². The van der Waals surface area contributed by atoms with Gasteiger partial charge in [-0.2, -0.15) is 0 Å². The van der Waals surface area contributed by atoms with Crippen LogP contribution in [-0.2, 0) is 9.59 Å². The lowest BCUT2D eigenvalue weighted by Crippen LogP contribution is -2.31. The standard InChI is InChI=1S/C17H11ClFNO4S/c18-11-7-9(5-6-12(11)19)20-15(21)8-14(16(20)22)25-13-4-2-1-3-10(13)17(23)24/h1-7,14H,8H2,(H,23,24)/t14-/m1/s1. The van der Waals surface area contributed by atoms with E-state index in [1.165, 1.54) is 18.2 Å². The van der Waals surface area contributed by atoms with E-state index in [1.807, 2.05) is 0 Å². The van der Waals surface area contributed by atoms with Gasteiger partial charge in [0, 0.05) is 11.3 Å². The number of amides is 2. The van der Waals surface area contributed by atoms with Gasteiger partial charge in [-0.1, -0.05) is 23.7 Å². The van der Waals surface area contributed by atoms with Crippen LogP contribution < -0.4 is 4.90 Å². The third-order valence-electron chi connectivity index (χ3n) is 3.65. The molecule has 1 N–H and O–H groups in total. The van der Waals surface area contributed by atoms with Gasteiger partial charge in [-0.25, -0.2) is 14.1 Å². The molecule has 3 rings (SSSR count). The number of rotatable bonds is 4. The first-order valence-electron chi connectivity index (χ1n) is 7.19. The number of aromatic carboxylic acids is 1. The van der Waals surface area contributed by atoms with Gasteiger partial charge < -0.3 is 5.11 Å². The third-order valence-corrected chi connectivity index (χ3v) is 5.21. The average molecular weight is 380 g/mol. The number of halogens is 2. The Morgan fingerprint density at radius 2 is 1.96 bits per heavy atom. The molecule has 0 spiro atoms. The highest BCUT2D eigenvalue weighted by molar-refractivity contribution is 8.00. The number of benzene rings is 2. The molecule has 2 amide bonds. The second kappa shape index (κ2) is 6.85. The Labute approximate surface area is 151 Å². The monoisotopic (exact) mass is 379 g/mol. The average Bonchev–Trinajstić information content (AvgIpc) is 2.84. The lowest BCUT2D eigenvalue weighted by Gasteiger charge is -2.15. The minimum Gasteiger partial charge on any atom is -0.478 e. The van der Waals surface area contributed by atoms with E-state index < -0.39 is 28.9 Å². The first-order chi connectivity index (χ1) is 11.9. The number of carboxylic acid groups (broad SMARTS) is 1. The van der Waals surface area contributed by atoms with Gasteiger partial charge in [0.15, 0.2) is 0 Å². The molecular formula is C17H11ClFNO4S. The highest BCUT2D eigenvalue weighted by Gasteiger charge is 2.40. The Kier molecular flexibility index (Phi) is 4.78. The van der Waals surface area contributed by atoms with Gasteiger partial charge >= 0.3 is 5.97 Å². The van der Waals surface area contributed by atoms with Crippen molar-refractivity contribution in [1.29, 1.82) is 0 Å². The molecule has 25 heavy (non-hydrogen) atoms. The number of nitrogens with zero attached hydrogens (tertiary/aromatic N) is 1. The van der Waals surface area contributed by atoms with Crippen LogP contribution in [0.1, 0.15) is 16.8 Å². The van der Waals surface area contributed by atoms with E-state index in [4.69, 9.17) is 11.6 Å². The number of hydrogen-bond acceptors (Lipinski definition) is 4. The number of carbonyl (C=O) groups excluding carboxylic acids is 2. The molecule has 0 saturated carbocycles. The van der Waals surface area contributed by atoms with Crippen LogP contribution in [0.25, 0.3) is 0 Å². The highest BCUT2D eigenvalue weighted by atomic mass is 35.5. The van der Waals surface area contributed by atoms with E-state index in [-0.39, 0.29) is 22.7 Å². The summed E-state index contributed by atoms with van der Waals surface area (Å²) in [6.45, 7) is 0. The SMILES string of the molecule is O=C(O)c1ccccc1S[C@@H]1CC(=O)N(c2ccc(F)c(Cl)c2)C1=O. The number of carboxylic acids is 1. The van der Waals surface area contributed by atoms with Crippen molar-refractivity contribution in [3.63, 3.8) is 0 Å². The predicted molar refractivity (Wildman–Crippen MR) is 91.6 cm³/mol. The van der Waals surface area contributed by atoms with Crippen LogP contribution in [0.3, 0.4) is 0 Å². The molecule has 1 aliphatic rings. The summed E-state index contributed by atoms with van der Waals surface area (Å²) in [5.41, 5.74) is 0.257. The minimum atomic E-state index is -1.11. The molecule has 1 saturated heterocycles. The molecule has 0 aromatic heterocycles. The van der Waals surface area contributed by atoms with Gasteiger partial charge in [-0.3, -0.25) is 9.59 Å². The van der Waals surface area contributed by atoms with Gasteiger partial charge in [0.1, 0.15) is 5.82 Å². The summed E-state index contributed by atoms with van der Waals surface area (Å²) in [6.07, 6.45) is -0.0769. The zero-order valence-electron chi connectivity index (χ0n) is 12.6. The van der Waals surface area contributed by atoms with E-state index in [2.05, 4.69) is 0 Å². The molecular weight excluding hydrogens is 369 g/mol. The van der Waals surface area contributed by atoms with E-state index in [9.17, 15) is 23.9 Å². The van der Waals surface area contributed by atoms with Crippen LogP contribution in [0, 0.1) is 5.82 Å². The maximum atomic E-state index is 13.3. The van der Waals surface area contributed by atoms with Gasteiger partial charge in [0.2, 0.25) is 11.8 Å². The van der Waals surface area contributed by atoms with Crippen molar-refractivity contribution >= 4 is 46.8 Å². The Hall–Kier alpha value is -2.38. The van der Waals surface area contributed by atoms with Crippen LogP contribution in [0.4, 0.5) is 10.1 Å². The zero-order chi connectivity index (χ0) is 18.1. The summed E-state index contributed by atoms with van der Waals surface area (Å²) in [6, 6.07) is 9.86. The Balaban J connectivity index is 1.87. The van der Waals surface area contributed by atoms with Crippen LogP contribution >= 0.6 is 23.4 Å². The summed E-state index contributed by atoms with van der Waals surface area (Å²) >= 11 is 6.74. The zero-order valence-corrected chi connectivity index (χ0v) is 14.2. The second-order valence-corrected chi connectivity index (χ2v) is 6.93. The van der Waals surface area contributed by atoms with Crippen molar-refractivity contribution in [1.82, 2.24) is 0 Å². The molecule has 1 heterocycles. The van der Waals surface area contributed by atoms with Crippen molar-refractivity contribution in [2.75, 3.05) is 4.90 Å².